The van der Waals surface area contributed by atoms with E-state index in [2.05, 4.69) is 10.6 Å². The first-order valence-electron chi connectivity index (χ1n) is 7.80. The molecule has 2 aromatic carbocycles. The number of methoxy groups -OCH3 is 1. The minimum absolute atomic E-state index is 0.0609. The molecule has 0 unspecified atom stereocenters. The van der Waals surface area contributed by atoms with Gasteiger partial charge in [0.15, 0.2) is 11.5 Å². The maximum absolute atomic E-state index is 12.2. The predicted octanol–water partition coefficient (Wildman–Crippen LogP) is 3.17. The average molecular weight is 357 g/mol. The Hall–Kier alpha value is -3.42. The number of nitrogens with one attached hydrogen (secondary N) is 2. The Bertz CT molecular complexity index is 864. The molecule has 0 aliphatic heterocycles. The molecule has 0 radical (unpaired) electrons. The molecule has 0 spiro atoms. The highest BCUT2D eigenvalue weighted by molar-refractivity contribution is 6.01. The number of hydrogen-bond donors (Lipinski definition) is 2. The van der Waals surface area contributed by atoms with Gasteiger partial charge >= 0.3 is 5.69 Å². The zero-order chi connectivity index (χ0) is 19.3. The number of hydrogen-bond acceptors (Lipinski definition) is 6. The Balaban J connectivity index is 2.11. The fourth-order valence-electron chi connectivity index (χ4n) is 2.43. The van der Waals surface area contributed by atoms with Crippen molar-refractivity contribution in [3.63, 3.8) is 0 Å². The summed E-state index contributed by atoms with van der Waals surface area (Å²) < 4.78 is 5.01. The van der Waals surface area contributed by atoms with Crippen LogP contribution in [0.1, 0.15) is 22.8 Å². The van der Waals surface area contributed by atoms with E-state index in [-0.39, 0.29) is 29.7 Å². The number of nitro groups is 1. The Morgan fingerprint density at radius 1 is 1.19 bits per heavy atom. The summed E-state index contributed by atoms with van der Waals surface area (Å²) >= 11 is 0. The summed E-state index contributed by atoms with van der Waals surface area (Å²) in [5.41, 5.74) is 1.84. The maximum atomic E-state index is 12.2. The summed E-state index contributed by atoms with van der Waals surface area (Å²) in [6.45, 7) is 3.04. The van der Waals surface area contributed by atoms with Crippen molar-refractivity contribution >= 4 is 28.8 Å². The van der Waals surface area contributed by atoms with Crippen molar-refractivity contribution < 1.29 is 19.2 Å². The summed E-state index contributed by atoms with van der Waals surface area (Å²) in [5, 5.41) is 16.6. The van der Waals surface area contributed by atoms with Crippen LogP contribution >= 0.6 is 0 Å². The van der Waals surface area contributed by atoms with Crippen LogP contribution in [0.25, 0.3) is 0 Å². The van der Waals surface area contributed by atoms with E-state index in [0.717, 1.165) is 0 Å². The Kier molecular flexibility index (Phi) is 5.90. The molecule has 0 saturated heterocycles. The quantitative estimate of drug-likeness (QED) is 0.447. The number of benzene rings is 2. The van der Waals surface area contributed by atoms with Crippen molar-refractivity contribution in [3.8, 4) is 5.75 Å². The highest BCUT2D eigenvalue weighted by Gasteiger charge is 2.18. The number of ether oxygens (including phenoxy) is 1. The van der Waals surface area contributed by atoms with Crippen molar-refractivity contribution in [2.24, 2.45) is 0 Å². The second-order valence-corrected chi connectivity index (χ2v) is 5.60. The van der Waals surface area contributed by atoms with Gasteiger partial charge in [0.1, 0.15) is 0 Å². The standard InChI is InChI=1S/C18H19N3O5/c1-11-8-16(21(24)25)17(26-3)9-15(11)20-18(23)10-19-14-7-5-4-6-13(14)12(2)22/h4-9,19H,10H2,1-3H3,(H,20,23). The van der Waals surface area contributed by atoms with E-state index in [1.807, 2.05) is 0 Å². The van der Waals surface area contributed by atoms with E-state index in [9.17, 15) is 19.7 Å². The monoisotopic (exact) mass is 357 g/mol. The molecule has 8 heteroatoms. The number of carbonyl (C=O) groups excluding carboxylic acids is 2. The third-order valence-corrected chi connectivity index (χ3v) is 3.74. The fourth-order valence-corrected chi connectivity index (χ4v) is 2.43. The molecule has 0 fully saturated rings. The van der Waals surface area contributed by atoms with Crippen molar-refractivity contribution in [1.29, 1.82) is 0 Å². The predicted molar refractivity (Wildman–Crippen MR) is 98.0 cm³/mol. The number of nitrogens with zero attached hydrogens (tertiary/aromatic N) is 1. The van der Waals surface area contributed by atoms with Crippen LogP contribution < -0.4 is 15.4 Å². The average Bonchev–Trinajstić information content (AvgIpc) is 2.61. The summed E-state index contributed by atoms with van der Waals surface area (Å²) in [6.07, 6.45) is 0. The molecular formula is C18H19N3O5. The number of para-hydroxylation sites is 1. The molecular weight excluding hydrogens is 338 g/mol. The van der Waals surface area contributed by atoms with Gasteiger partial charge in [0.25, 0.3) is 0 Å². The summed E-state index contributed by atoms with van der Waals surface area (Å²) in [4.78, 5) is 34.3. The number of aryl methyl sites for hydroxylation is 1. The molecule has 0 aliphatic carbocycles. The molecule has 0 bridgehead atoms. The van der Waals surface area contributed by atoms with Crippen LogP contribution in [0.5, 0.6) is 5.75 Å². The SMILES string of the molecule is COc1cc(NC(=O)CNc2ccccc2C(C)=O)c(C)cc1[N+](=O)[O-]. The van der Waals surface area contributed by atoms with Gasteiger partial charge in [0, 0.05) is 29.1 Å². The molecule has 0 atom stereocenters. The molecule has 136 valence electrons. The minimum Gasteiger partial charge on any atom is -0.490 e. The highest BCUT2D eigenvalue weighted by atomic mass is 16.6. The zero-order valence-corrected chi connectivity index (χ0v) is 14.7. The lowest BCUT2D eigenvalue weighted by atomic mass is 10.1. The van der Waals surface area contributed by atoms with Crippen LogP contribution in [-0.2, 0) is 4.79 Å². The molecule has 26 heavy (non-hydrogen) atoms. The van der Waals surface area contributed by atoms with Gasteiger partial charge in [-0.3, -0.25) is 19.7 Å². The zero-order valence-electron chi connectivity index (χ0n) is 14.7. The number of nitro benzene ring substituents is 1. The van der Waals surface area contributed by atoms with Crippen LogP contribution in [0.3, 0.4) is 0 Å². The second kappa shape index (κ2) is 8.11. The van der Waals surface area contributed by atoms with E-state index in [4.69, 9.17) is 4.74 Å². The topological polar surface area (TPSA) is 111 Å². The molecule has 8 nitrogen and oxygen atoms in total. The van der Waals surface area contributed by atoms with E-state index in [1.54, 1.807) is 31.2 Å². The van der Waals surface area contributed by atoms with E-state index in [0.29, 0.717) is 22.5 Å². The lowest BCUT2D eigenvalue weighted by Gasteiger charge is -2.13. The first-order valence-corrected chi connectivity index (χ1v) is 7.80. The van der Waals surface area contributed by atoms with Crippen molar-refractivity contribution in [2.45, 2.75) is 13.8 Å². The molecule has 2 N–H and O–H groups in total. The van der Waals surface area contributed by atoms with Gasteiger partial charge in [-0.05, 0) is 31.5 Å². The molecule has 2 aromatic rings. The van der Waals surface area contributed by atoms with Gasteiger partial charge in [-0.2, -0.15) is 0 Å². The van der Waals surface area contributed by atoms with Gasteiger partial charge in [0.05, 0.1) is 18.6 Å². The van der Waals surface area contributed by atoms with Crippen LogP contribution in [0.2, 0.25) is 0 Å². The molecule has 0 aliphatic rings. The van der Waals surface area contributed by atoms with E-state index < -0.39 is 4.92 Å². The van der Waals surface area contributed by atoms with Gasteiger partial charge in [-0.25, -0.2) is 0 Å². The van der Waals surface area contributed by atoms with Crippen molar-refractivity contribution in [2.75, 3.05) is 24.3 Å². The maximum Gasteiger partial charge on any atom is 0.311 e. The smallest absolute Gasteiger partial charge is 0.311 e. The van der Waals surface area contributed by atoms with Crippen LogP contribution in [-0.4, -0.2) is 30.3 Å². The third-order valence-electron chi connectivity index (χ3n) is 3.74. The molecule has 0 saturated carbocycles. The summed E-state index contributed by atoms with van der Waals surface area (Å²) in [5.74, 6) is -0.405. The largest absolute Gasteiger partial charge is 0.490 e. The van der Waals surface area contributed by atoms with Gasteiger partial charge in [-0.15, -0.1) is 0 Å². The Morgan fingerprint density at radius 2 is 1.88 bits per heavy atom. The Labute approximate surface area is 150 Å². The first-order chi connectivity index (χ1) is 12.3. The summed E-state index contributed by atoms with van der Waals surface area (Å²) in [6, 6.07) is 9.65. The number of carbonyl (C=O) groups is 2. The van der Waals surface area contributed by atoms with E-state index in [1.165, 1.54) is 26.2 Å². The summed E-state index contributed by atoms with van der Waals surface area (Å²) in [7, 11) is 1.32. The number of Topliss-reactive ketones (excluding diaryl/α,β-unsaturated/α-hetero) is 1. The number of rotatable bonds is 7. The number of anilines is 2. The lowest BCUT2D eigenvalue weighted by molar-refractivity contribution is -0.385. The van der Waals surface area contributed by atoms with Crippen LogP contribution in [0.4, 0.5) is 17.1 Å². The number of ketones is 1. The minimum atomic E-state index is -0.544. The molecule has 1 amide bonds. The third kappa shape index (κ3) is 4.35. The lowest BCUT2D eigenvalue weighted by Crippen LogP contribution is -2.23. The highest BCUT2D eigenvalue weighted by Crippen LogP contribution is 2.32. The van der Waals surface area contributed by atoms with Gasteiger partial charge < -0.3 is 15.4 Å². The Morgan fingerprint density at radius 3 is 2.50 bits per heavy atom. The van der Waals surface area contributed by atoms with Crippen LogP contribution in [0, 0.1) is 17.0 Å². The van der Waals surface area contributed by atoms with E-state index >= 15 is 0 Å². The van der Waals surface area contributed by atoms with Gasteiger partial charge in [-0.1, -0.05) is 12.1 Å². The first kappa shape index (κ1) is 18.9. The fraction of sp³-hybridized carbons (Fsp3) is 0.222. The van der Waals surface area contributed by atoms with Crippen molar-refractivity contribution in [3.05, 3.63) is 57.6 Å². The number of amides is 1. The van der Waals surface area contributed by atoms with Crippen molar-refractivity contribution in [1.82, 2.24) is 0 Å². The molecule has 0 heterocycles. The molecule has 2 rings (SSSR count). The molecule has 0 aromatic heterocycles. The van der Waals surface area contributed by atoms with Crippen LogP contribution in [0.15, 0.2) is 36.4 Å². The normalized spacial score (nSPS) is 10.1. The second-order valence-electron chi connectivity index (χ2n) is 5.60. The van der Waals surface area contributed by atoms with Gasteiger partial charge in [0.2, 0.25) is 5.91 Å².